The normalized spacial score (nSPS) is 11.7. The molecule has 0 aromatic heterocycles. The lowest BCUT2D eigenvalue weighted by Gasteiger charge is -2.14. The summed E-state index contributed by atoms with van der Waals surface area (Å²) < 4.78 is 17.2. The maximum atomic E-state index is 12.4. The molecule has 176 valence electrons. The molecule has 0 spiro atoms. The van der Waals surface area contributed by atoms with Gasteiger partial charge in [0.2, 0.25) is 0 Å². The third kappa shape index (κ3) is 10.2. The monoisotopic (exact) mass is 440 g/mol. The zero-order valence-corrected chi connectivity index (χ0v) is 20.1. The molecule has 0 radical (unpaired) electrons. The van der Waals surface area contributed by atoms with Gasteiger partial charge in [-0.1, -0.05) is 58.8 Å². The maximum absolute atomic E-state index is 12.4. The van der Waals surface area contributed by atoms with Gasteiger partial charge in [0.25, 0.3) is 0 Å². The fourth-order valence-electron chi connectivity index (χ4n) is 3.48. The Bertz CT molecular complexity index is 752. The van der Waals surface area contributed by atoms with Crippen LogP contribution in [0.5, 0.6) is 17.2 Å². The van der Waals surface area contributed by atoms with Crippen molar-refractivity contribution in [2.45, 2.75) is 91.1 Å². The Kier molecular flexibility index (Phi) is 12.3. The molecule has 0 bridgehead atoms. The molecule has 0 aliphatic rings. The van der Waals surface area contributed by atoms with E-state index in [2.05, 4.69) is 20.8 Å². The lowest BCUT2D eigenvalue weighted by atomic mass is 10.1. The van der Waals surface area contributed by atoms with E-state index in [9.17, 15) is 4.79 Å². The minimum atomic E-state index is -0.381. The summed E-state index contributed by atoms with van der Waals surface area (Å²) in [4.78, 5) is 12.4. The number of benzene rings is 2. The van der Waals surface area contributed by atoms with Gasteiger partial charge in [-0.2, -0.15) is 0 Å². The fourth-order valence-corrected chi connectivity index (χ4v) is 3.48. The molecule has 4 nitrogen and oxygen atoms in total. The van der Waals surface area contributed by atoms with Crippen molar-refractivity contribution in [1.82, 2.24) is 0 Å². The zero-order chi connectivity index (χ0) is 23.0. The lowest BCUT2D eigenvalue weighted by Crippen LogP contribution is -2.12. The van der Waals surface area contributed by atoms with E-state index in [1.54, 1.807) is 24.3 Å². The van der Waals surface area contributed by atoms with Gasteiger partial charge in [0, 0.05) is 0 Å². The van der Waals surface area contributed by atoms with Crippen LogP contribution in [-0.4, -0.2) is 18.7 Å². The Morgan fingerprint density at radius 1 is 0.719 bits per heavy atom. The second-order valence-corrected chi connectivity index (χ2v) is 8.43. The van der Waals surface area contributed by atoms with Crippen LogP contribution >= 0.6 is 0 Å². The predicted octanol–water partition coefficient (Wildman–Crippen LogP) is 7.99. The number of ether oxygens (including phenoxy) is 3. The predicted molar refractivity (Wildman–Crippen MR) is 131 cm³/mol. The van der Waals surface area contributed by atoms with E-state index in [4.69, 9.17) is 14.2 Å². The highest BCUT2D eigenvalue weighted by Gasteiger charge is 2.10. The van der Waals surface area contributed by atoms with Gasteiger partial charge in [-0.15, -0.1) is 0 Å². The highest BCUT2D eigenvalue weighted by atomic mass is 16.5. The van der Waals surface area contributed by atoms with E-state index in [0.717, 1.165) is 24.3 Å². The molecule has 1 unspecified atom stereocenters. The van der Waals surface area contributed by atoms with Crippen LogP contribution < -0.4 is 14.2 Å². The van der Waals surface area contributed by atoms with E-state index in [-0.39, 0.29) is 12.1 Å². The van der Waals surface area contributed by atoms with Crippen LogP contribution in [0.4, 0.5) is 0 Å². The average Bonchev–Trinajstić information content (AvgIpc) is 2.80. The third-order valence-corrected chi connectivity index (χ3v) is 5.44. The van der Waals surface area contributed by atoms with Crippen molar-refractivity contribution in [2.75, 3.05) is 6.61 Å². The molecule has 2 rings (SSSR count). The quantitative estimate of drug-likeness (QED) is 0.151. The summed E-state index contributed by atoms with van der Waals surface area (Å²) in [5, 5.41) is 0. The van der Waals surface area contributed by atoms with Gasteiger partial charge in [0.15, 0.2) is 0 Å². The number of hydrogen-bond acceptors (Lipinski definition) is 4. The first-order valence-electron chi connectivity index (χ1n) is 12.3. The Hall–Kier alpha value is -2.49. The molecule has 2 aromatic rings. The summed E-state index contributed by atoms with van der Waals surface area (Å²) in [6.07, 6.45) is 12.2. The van der Waals surface area contributed by atoms with Crippen LogP contribution in [0, 0.1) is 0 Å². The van der Waals surface area contributed by atoms with Crippen LogP contribution in [0.3, 0.4) is 0 Å². The number of carbonyl (C=O) groups excluding carboxylic acids is 1. The molecule has 0 heterocycles. The average molecular weight is 441 g/mol. The number of hydrogen-bond donors (Lipinski definition) is 0. The standard InChI is InChI=1S/C28H40O4/c1-4-6-8-10-12-22-30-25-18-20-27(21-19-25)32-28(29)24-14-16-26(17-15-24)31-23(3)13-11-9-7-5-2/h14-21,23H,4-13,22H2,1-3H3. The third-order valence-electron chi connectivity index (χ3n) is 5.44. The van der Waals surface area contributed by atoms with Crippen molar-refractivity contribution >= 4 is 5.97 Å². The van der Waals surface area contributed by atoms with Gasteiger partial charge in [-0.25, -0.2) is 4.79 Å². The zero-order valence-electron chi connectivity index (χ0n) is 20.1. The summed E-state index contributed by atoms with van der Waals surface area (Å²) >= 11 is 0. The Balaban J connectivity index is 1.73. The van der Waals surface area contributed by atoms with Gasteiger partial charge in [0.1, 0.15) is 17.2 Å². The molecule has 4 heteroatoms. The summed E-state index contributed by atoms with van der Waals surface area (Å²) in [6.45, 7) is 7.24. The van der Waals surface area contributed by atoms with Crippen LogP contribution in [0.2, 0.25) is 0 Å². The van der Waals surface area contributed by atoms with Gasteiger partial charge in [-0.05, 0) is 74.7 Å². The summed E-state index contributed by atoms with van der Waals surface area (Å²) in [7, 11) is 0. The first-order valence-corrected chi connectivity index (χ1v) is 12.3. The summed E-state index contributed by atoms with van der Waals surface area (Å²) in [5.41, 5.74) is 0.500. The SMILES string of the molecule is CCCCCCCOc1ccc(OC(=O)c2ccc(OC(C)CCCCCC)cc2)cc1. The minimum absolute atomic E-state index is 0.168. The molecular formula is C28H40O4. The summed E-state index contributed by atoms with van der Waals surface area (Å²) in [6, 6.07) is 14.4. The van der Waals surface area contributed by atoms with Crippen LogP contribution in [0.1, 0.15) is 95.3 Å². The van der Waals surface area contributed by atoms with Crippen LogP contribution in [0.15, 0.2) is 48.5 Å². The van der Waals surface area contributed by atoms with E-state index < -0.39 is 0 Å². The molecule has 0 amide bonds. The molecule has 1 atom stereocenters. The number of esters is 1. The van der Waals surface area contributed by atoms with Gasteiger partial charge >= 0.3 is 5.97 Å². The number of rotatable bonds is 16. The van der Waals surface area contributed by atoms with Crippen molar-refractivity contribution in [3.63, 3.8) is 0 Å². The minimum Gasteiger partial charge on any atom is -0.494 e. The molecule has 2 aromatic carbocycles. The van der Waals surface area contributed by atoms with E-state index in [0.29, 0.717) is 17.9 Å². The molecule has 0 aliphatic heterocycles. The van der Waals surface area contributed by atoms with Gasteiger partial charge in [0.05, 0.1) is 18.3 Å². The molecule has 0 saturated carbocycles. The van der Waals surface area contributed by atoms with Gasteiger partial charge < -0.3 is 14.2 Å². The molecule has 0 saturated heterocycles. The largest absolute Gasteiger partial charge is 0.494 e. The Morgan fingerprint density at radius 2 is 1.28 bits per heavy atom. The second kappa shape index (κ2) is 15.3. The molecular weight excluding hydrogens is 400 g/mol. The van der Waals surface area contributed by atoms with Crippen LogP contribution in [-0.2, 0) is 0 Å². The van der Waals surface area contributed by atoms with Crippen molar-refractivity contribution in [3.05, 3.63) is 54.1 Å². The van der Waals surface area contributed by atoms with E-state index in [1.807, 2.05) is 24.3 Å². The number of unbranched alkanes of at least 4 members (excludes halogenated alkanes) is 7. The molecule has 0 N–H and O–H groups in total. The highest BCUT2D eigenvalue weighted by Crippen LogP contribution is 2.21. The lowest BCUT2D eigenvalue weighted by molar-refractivity contribution is 0.0734. The van der Waals surface area contributed by atoms with E-state index >= 15 is 0 Å². The van der Waals surface area contributed by atoms with Crippen molar-refractivity contribution < 1.29 is 19.0 Å². The molecule has 32 heavy (non-hydrogen) atoms. The molecule has 0 aliphatic carbocycles. The Labute approximate surface area is 194 Å². The van der Waals surface area contributed by atoms with Gasteiger partial charge in [-0.3, -0.25) is 0 Å². The maximum Gasteiger partial charge on any atom is 0.343 e. The number of carbonyl (C=O) groups is 1. The highest BCUT2D eigenvalue weighted by molar-refractivity contribution is 5.91. The first-order chi connectivity index (χ1) is 15.6. The summed E-state index contributed by atoms with van der Waals surface area (Å²) in [5.74, 6) is 1.70. The van der Waals surface area contributed by atoms with Crippen molar-refractivity contribution in [3.8, 4) is 17.2 Å². The van der Waals surface area contributed by atoms with Crippen molar-refractivity contribution in [2.24, 2.45) is 0 Å². The van der Waals surface area contributed by atoms with E-state index in [1.165, 1.54) is 51.4 Å². The topological polar surface area (TPSA) is 44.8 Å². The second-order valence-electron chi connectivity index (χ2n) is 8.43. The fraction of sp³-hybridized carbons (Fsp3) is 0.536. The van der Waals surface area contributed by atoms with Crippen LogP contribution in [0.25, 0.3) is 0 Å². The van der Waals surface area contributed by atoms with Crippen molar-refractivity contribution in [1.29, 1.82) is 0 Å². The molecule has 0 fully saturated rings. The Morgan fingerprint density at radius 3 is 1.94 bits per heavy atom. The first kappa shape index (κ1) is 25.8. The smallest absolute Gasteiger partial charge is 0.343 e.